The summed E-state index contributed by atoms with van der Waals surface area (Å²) in [5, 5.41) is 16.5. The van der Waals surface area contributed by atoms with Gasteiger partial charge in [0.2, 0.25) is 0 Å². The number of hydrogen-bond acceptors (Lipinski definition) is 4. The van der Waals surface area contributed by atoms with Crippen molar-refractivity contribution in [3.05, 3.63) is 0 Å². The molecule has 2 aliphatic heterocycles. The highest BCUT2D eigenvalue weighted by Crippen LogP contribution is 2.33. The third kappa shape index (κ3) is 2.61. The molecule has 2 saturated heterocycles. The lowest BCUT2D eigenvalue weighted by atomic mass is 10.0. The first-order valence-electron chi connectivity index (χ1n) is 5.55. The zero-order valence-electron chi connectivity index (χ0n) is 8.90. The van der Waals surface area contributed by atoms with Crippen molar-refractivity contribution in [3.63, 3.8) is 0 Å². The average molecular weight is 243 g/mol. The molecule has 5 nitrogen and oxygen atoms in total. The third-order valence-electron chi connectivity index (χ3n) is 3.06. The van der Waals surface area contributed by atoms with Gasteiger partial charge in [0.05, 0.1) is 12.1 Å². The van der Waals surface area contributed by atoms with Gasteiger partial charge in [0, 0.05) is 17.0 Å². The molecule has 0 aromatic carbocycles. The molecule has 0 radical (unpaired) electrons. The number of fused-ring (bicyclic) bond motifs is 1. The smallest absolute Gasteiger partial charge is 0.315 e. The zero-order chi connectivity index (χ0) is 11.5. The fourth-order valence-electron chi connectivity index (χ4n) is 2.26. The number of urea groups is 1. The van der Waals surface area contributed by atoms with Crippen molar-refractivity contribution < 1.29 is 14.7 Å². The summed E-state index contributed by atoms with van der Waals surface area (Å²) < 4.78 is 0. The maximum atomic E-state index is 11.1. The summed E-state index contributed by atoms with van der Waals surface area (Å²) in [5.41, 5.74) is 0. The van der Waals surface area contributed by atoms with Crippen LogP contribution in [0.25, 0.3) is 0 Å². The van der Waals surface area contributed by atoms with Gasteiger partial charge in [0.25, 0.3) is 0 Å². The normalized spacial score (nSPS) is 32.0. The van der Waals surface area contributed by atoms with E-state index in [2.05, 4.69) is 10.6 Å². The second-order valence-electron chi connectivity index (χ2n) is 4.24. The van der Waals surface area contributed by atoms with Gasteiger partial charge in [-0.3, -0.25) is 0 Å². The van der Waals surface area contributed by atoms with Crippen LogP contribution >= 0.6 is 11.8 Å². The molecule has 2 N–H and O–H groups in total. The van der Waals surface area contributed by atoms with E-state index in [0.29, 0.717) is 11.7 Å². The Morgan fingerprint density at radius 3 is 3.00 bits per heavy atom. The number of unbranched alkanes of at least 4 members (excludes halogenated alkanes) is 1. The fourth-order valence-corrected chi connectivity index (χ4v) is 3.80. The Bertz CT molecular complexity index is 298. The van der Waals surface area contributed by atoms with Crippen LogP contribution in [0, 0.1) is 0 Å². The number of carboxylic acids is 1. The molecule has 90 valence electrons. The van der Waals surface area contributed by atoms with E-state index in [0.717, 1.165) is 18.6 Å². The Hall–Kier alpha value is -0.910. The summed E-state index contributed by atoms with van der Waals surface area (Å²) in [7, 11) is 0. The van der Waals surface area contributed by atoms with Crippen LogP contribution < -0.4 is 15.7 Å². The van der Waals surface area contributed by atoms with E-state index in [1.165, 1.54) is 0 Å². The van der Waals surface area contributed by atoms with E-state index >= 15 is 0 Å². The Kier molecular flexibility index (Phi) is 3.58. The van der Waals surface area contributed by atoms with E-state index < -0.39 is 5.97 Å². The second-order valence-corrected chi connectivity index (χ2v) is 5.51. The van der Waals surface area contributed by atoms with Gasteiger partial charge in [-0.2, -0.15) is 11.8 Å². The van der Waals surface area contributed by atoms with Gasteiger partial charge in [-0.05, 0) is 19.3 Å². The largest absolute Gasteiger partial charge is 0.550 e. The Balaban J connectivity index is 1.70. The van der Waals surface area contributed by atoms with Gasteiger partial charge in [0.15, 0.2) is 0 Å². The number of nitrogens with one attached hydrogen (secondary N) is 2. The van der Waals surface area contributed by atoms with Gasteiger partial charge < -0.3 is 20.5 Å². The number of rotatable bonds is 5. The lowest BCUT2D eigenvalue weighted by Crippen LogP contribution is -2.36. The van der Waals surface area contributed by atoms with Gasteiger partial charge in [-0.15, -0.1) is 0 Å². The van der Waals surface area contributed by atoms with E-state index in [1.807, 2.05) is 11.8 Å². The summed E-state index contributed by atoms with van der Waals surface area (Å²) in [6, 6.07) is 0.402. The zero-order valence-corrected chi connectivity index (χ0v) is 9.72. The number of carboxylic acid groups (broad SMARTS) is 1. The van der Waals surface area contributed by atoms with Crippen molar-refractivity contribution in [1.82, 2.24) is 10.6 Å². The molecule has 2 rings (SSSR count). The second kappa shape index (κ2) is 4.95. The molecule has 0 bridgehead atoms. The summed E-state index contributed by atoms with van der Waals surface area (Å²) in [4.78, 5) is 21.3. The predicted octanol–water partition coefficient (Wildman–Crippen LogP) is -0.538. The molecule has 2 fully saturated rings. The van der Waals surface area contributed by atoms with Crippen LogP contribution in [0.4, 0.5) is 4.79 Å². The molecule has 2 amide bonds. The van der Waals surface area contributed by atoms with Crippen LogP contribution in [0.2, 0.25) is 0 Å². The highest BCUT2D eigenvalue weighted by Gasteiger charge is 2.42. The minimum Gasteiger partial charge on any atom is -0.550 e. The van der Waals surface area contributed by atoms with E-state index in [9.17, 15) is 14.7 Å². The third-order valence-corrected chi connectivity index (χ3v) is 4.57. The first-order chi connectivity index (χ1) is 7.66. The molecule has 16 heavy (non-hydrogen) atoms. The number of carbonyl (C=O) groups is 2. The van der Waals surface area contributed by atoms with Gasteiger partial charge >= 0.3 is 6.03 Å². The first-order valence-corrected chi connectivity index (χ1v) is 6.60. The molecule has 0 spiro atoms. The van der Waals surface area contributed by atoms with Gasteiger partial charge in [0.1, 0.15) is 0 Å². The van der Waals surface area contributed by atoms with E-state index in [4.69, 9.17) is 0 Å². The number of thioether (sulfide) groups is 1. The van der Waals surface area contributed by atoms with Crippen molar-refractivity contribution in [2.24, 2.45) is 0 Å². The summed E-state index contributed by atoms with van der Waals surface area (Å²) in [5.74, 6) is -0.0260. The number of carbonyl (C=O) groups excluding carboxylic acids is 2. The van der Waals surface area contributed by atoms with Crippen LogP contribution in [0.3, 0.4) is 0 Å². The van der Waals surface area contributed by atoms with Crippen LogP contribution in [0.1, 0.15) is 25.7 Å². The molecule has 6 heteroatoms. The first kappa shape index (κ1) is 11.6. The Morgan fingerprint density at radius 1 is 1.44 bits per heavy atom. The summed E-state index contributed by atoms with van der Waals surface area (Å²) in [6.45, 7) is 0. The molecule has 3 atom stereocenters. The van der Waals surface area contributed by atoms with Crippen molar-refractivity contribution in [1.29, 1.82) is 0 Å². The average Bonchev–Trinajstić information content (AvgIpc) is 2.72. The molecular weight excluding hydrogens is 228 g/mol. The van der Waals surface area contributed by atoms with E-state index in [1.54, 1.807) is 0 Å². The predicted molar refractivity (Wildman–Crippen MR) is 59.0 cm³/mol. The van der Waals surface area contributed by atoms with Crippen molar-refractivity contribution >= 4 is 23.8 Å². The Morgan fingerprint density at radius 2 is 2.25 bits per heavy atom. The highest BCUT2D eigenvalue weighted by molar-refractivity contribution is 8.00. The van der Waals surface area contributed by atoms with Crippen molar-refractivity contribution in [2.45, 2.75) is 43.0 Å². The fraction of sp³-hybridized carbons (Fsp3) is 0.800. The number of amides is 2. The van der Waals surface area contributed by atoms with Crippen LogP contribution in [0.15, 0.2) is 0 Å². The highest BCUT2D eigenvalue weighted by atomic mass is 32.2. The molecule has 0 aromatic heterocycles. The van der Waals surface area contributed by atoms with Crippen LogP contribution in [-0.2, 0) is 4.79 Å². The lowest BCUT2D eigenvalue weighted by Gasteiger charge is -2.16. The van der Waals surface area contributed by atoms with Gasteiger partial charge in [-0.1, -0.05) is 6.42 Å². The maximum absolute atomic E-state index is 11.1. The molecule has 2 heterocycles. The molecule has 0 aliphatic carbocycles. The molecular formula is C10H15N2O3S-. The summed E-state index contributed by atoms with van der Waals surface area (Å²) in [6.07, 6.45) is 2.64. The van der Waals surface area contributed by atoms with E-state index in [-0.39, 0.29) is 24.5 Å². The number of hydrogen-bond donors (Lipinski definition) is 2. The quantitative estimate of drug-likeness (QED) is 0.502. The molecule has 0 saturated carbocycles. The SMILES string of the molecule is O=C([O-])CCCC[C@H]1SC[C@H]2NC(=O)N[C@H]21. The minimum absolute atomic E-state index is 0.0740. The Labute approximate surface area is 98.4 Å². The topological polar surface area (TPSA) is 81.3 Å². The monoisotopic (exact) mass is 243 g/mol. The molecule has 0 aromatic rings. The molecule has 2 aliphatic rings. The van der Waals surface area contributed by atoms with Gasteiger partial charge in [-0.25, -0.2) is 4.79 Å². The standard InChI is InChI=1S/C10H16N2O3S/c13-8(14)4-2-1-3-7-9-6(5-16-7)11-10(15)12-9/h6-7,9H,1-5H2,(H,13,14)(H2,11,12,15)/p-1/t6-,7-,9-/m1/s1. The van der Waals surface area contributed by atoms with Crippen LogP contribution in [-0.4, -0.2) is 35.1 Å². The summed E-state index contributed by atoms with van der Waals surface area (Å²) >= 11 is 1.85. The van der Waals surface area contributed by atoms with Crippen molar-refractivity contribution in [3.8, 4) is 0 Å². The van der Waals surface area contributed by atoms with Crippen molar-refractivity contribution in [2.75, 3.05) is 5.75 Å². The van der Waals surface area contributed by atoms with Crippen LogP contribution in [0.5, 0.6) is 0 Å². The maximum Gasteiger partial charge on any atom is 0.315 e. The number of aliphatic carboxylic acids is 1. The molecule has 0 unspecified atom stereocenters. The lowest BCUT2D eigenvalue weighted by molar-refractivity contribution is -0.305. The minimum atomic E-state index is -0.979.